The first kappa shape index (κ1) is 12.9. The predicted molar refractivity (Wildman–Crippen MR) is 71.2 cm³/mol. The van der Waals surface area contributed by atoms with E-state index >= 15 is 0 Å². The molecule has 4 N–H and O–H groups in total. The fraction of sp³-hybridized carbons (Fsp3) is 0.333. The van der Waals surface area contributed by atoms with Crippen molar-refractivity contribution in [2.75, 3.05) is 6.54 Å². The summed E-state index contributed by atoms with van der Waals surface area (Å²) >= 11 is 1.60. The fourth-order valence-corrected chi connectivity index (χ4v) is 2.00. The molecule has 1 aromatic carbocycles. The van der Waals surface area contributed by atoms with Crippen LogP contribution in [0.2, 0.25) is 0 Å². The van der Waals surface area contributed by atoms with Crippen LogP contribution in [0.1, 0.15) is 18.9 Å². The molecule has 0 radical (unpaired) electrons. The highest BCUT2D eigenvalue weighted by Crippen LogP contribution is 2.17. The molecule has 88 valence electrons. The molecule has 0 amide bonds. The minimum Gasteiger partial charge on any atom is -0.392 e. The molecule has 0 saturated heterocycles. The molecule has 0 saturated carbocycles. The van der Waals surface area contributed by atoms with E-state index in [-0.39, 0.29) is 0 Å². The van der Waals surface area contributed by atoms with Crippen LogP contribution in [0.3, 0.4) is 0 Å². The van der Waals surface area contributed by atoms with Crippen LogP contribution in [0.15, 0.2) is 41.6 Å². The highest BCUT2D eigenvalue weighted by atomic mass is 32.2. The van der Waals surface area contributed by atoms with Crippen molar-refractivity contribution in [1.82, 2.24) is 5.01 Å². The zero-order chi connectivity index (χ0) is 11.8. The summed E-state index contributed by atoms with van der Waals surface area (Å²) in [6, 6.07) is 10.2. The molecule has 16 heavy (non-hydrogen) atoms. The molecule has 0 aromatic heterocycles. The summed E-state index contributed by atoms with van der Waals surface area (Å²) in [5.41, 5.74) is 7.12. The summed E-state index contributed by atoms with van der Waals surface area (Å²) in [4.78, 5) is 0. The summed E-state index contributed by atoms with van der Waals surface area (Å²) in [5, 5.41) is 2.38. The van der Waals surface area contributed by atoms with Gasteiger partial charge in [0.25, 0.3) is 0 Å². The van der Waals surface area contributed by atoms with Crippen LogP contribution in [0, 0.1) is 0 Å². The number of hydrogen-bond acceptors (Lipinski definition) is 4. The van der Waals surface area contributed by atoms with Gasteiger partial charge < -0.3 is 10.7 Å². The van der Waals surface area contributed by atoms with Crippen LogP contribution >= 0.6 is 11.8 Å². The molecule has 3 nitrogen and oxygen atoms in total. The van der Waals surface area contributed by atoms with E-state index in [1.54, 1.807) is 23.0 Å². The smallest absolute Gasteiger partial charge is 0.0835 e. The van der Waals surface area contributed by atoms with E-state index in [1.165, 1.54) is 5.56 Å². The topological polar surface area (TPSA) is 55.3 Å². The van der Waals surface area contributed by atoms with Crippen molar-refractivity contribution in [1.29, 1.82) is 0 Å². The average molecular weight is 237 g/mol. The van der Waals surface area contributed by atoms with Crippen LogP contribution in [-0.2, 0) is 5.75 Å². The van der Waals surface area contributed by atoms with Crippen molar-refractivity contribution in [3.63, 3.8) is 0 Å². The zero-order valence-electron chi connectivity index (χ0n) is 9.60. The summed E-state index contributed by atoms with van der Waals surface area (Å²) in [7, 11) is 0. The van der Waals surface area contributed by atoms with Crippen molar-refractivity contribution >= 4 is 11.8 Å². The van der Waals surface area contributed by atoms with Crippen LogP contribution in [0.25, 0.3) is 0 Å². The molecule has 0 atom stereocenters. The molecule has 0 fully saturated rings. The van der Waals surface area contributed by atoms with E-state index in [1.807, 2.05) is 18.2 Å². The summed E-state index contributed by atoms with van der Waals surface area (Å²) in [6.45, 7) is 2.91. The second-order valence-electron chi connectivity index (χ2n) is 3.54. The molecule has 1 rings (SSSR count). The Kier molecular flexibility index (Phi) is 5.82. The fourth-order valence-electron chi connectivity index (χ4n) is 1.26. The Bertz CT molecular complexity index is 324. The van der Waals surface area contributed by atoms with Gasteiger partial charge in [0.1, 0.15) is 0 Å². The van der Waals surface area contributed by atoms with Crippen molar-refractivity contribution in [3.8, 4) is 0 Å². The molecule has 0 aliphatic rings. The monoisotopic (exact) mass is 237 g/mol. The van der Waals surface area contributed by atoms with Crippen LogP contribution in [0.5, 0.6) is 0 Å². The third-order valence-corrected chi connectivity index (χ3v) is 2.94. The summed E-state index contributed by atoms with van der Waals surface area (Å²) in [5.74, 6) is 6.60. The maximum absolute atomic E-state index is 5.86. The van der Waals surface area contributed by atoms with Gasteiger partial charge in [-0.15, -0.1) is 11.8 Å². The third-order valence-electron chi connectivity index (χ3n) is 2.02. The Labute approximate surface area is 101 Å². The van der Waals surface area contributed by atoms with E-state index in [9.17, 15) is 0 Å². The maximum Gasteiger partial charge on any atom is 0.0835 e. The van der Waals surface area contributed by atoms with Gasteiger partial charge in [-0.2, -0.15) is 0 Å². The minimum absolute atomic E-state index is 0.750. The SMILES string of the molecule is CCCN(N)/C=C(\N)SCc1ccccc1. The number of hydrogen-bond donors (Lipinski definition) is 2. The first-order chi connectivity index (χ1) is 7.72. The van der Waals surface area contributed by atoms with Gasteiger partial charge in [0, 0.05) is 18.5 Å². The number of hydrazine groups is 1. The summed E-state index contributed by atoms with van der Waals surface area (Å²) < 4.78 is 0. The molecule has 0 spiro atoms. The molecular weight excluding hydrogens is 218 g/mol. The van der Waals surface area contributed by atoms with Gasteiger partial charge >= 0.3 is 0 Å². The van der Waals surface area contributed by atoms with Gasteiger partial charge in [0.15, 0.2) is 0 Å². The molecule has 1 aromatic rings. The molecular formula is C12H19N3S. The quantitative estimate of drug-likeness (QED) is 0.588. The van der Waals surface area contributed by atoms with Gasteiger partial charge in [-0.25, -0.2) is 5.84 Å². The normalized spacial score (nSPS) is 11.5. The van der Waals surface area contributed by atoms with Crippen LogP contribution in [-0.4, -0.2) is 11.6 Å². The predicted octanol–water partition coefficient (Wildman–Crippen LogP) is 2.26. The van der Waals surface area contributed by atoms with E-state index in [0.29, 0.717) is 0 Å². The van der Waals surface area contributed by atoms with E-state index < -0.39 is 0 Å². The van der Waals surface area contributed by atoms with Gasteiger partial charge in [0.2, 0.25) is 0 Å². The van der Waals surface area contributed by atoms with Crippen molar-refractivity contribution < 1.29 is 0 Å². The van der Waals surface area contributed by atoms with Crippen molar-refractivity contribution in [3.05, 3.63) is 47.1 Å². The Morgan fingerprint density at radius 1 is 1.38 bits per heavy atom. The van der Waals surface area contributed by atoms with E-state index in [0.717, 1.165) is 23.7 Å². The Balaban J connectivity index is 2.37. The molecule has 0 aliphatic heterocycles. The minimum atomic E-state index is 0.750. The second-order valence-corrected chi connectivity index (χ2v) is 4.59. The molecule has 0 heterocycles. The lowest BCUT2D eigenvalue weighted by atomic mass is 10.2. The van der Waals surface area contributed by atoms with E-state index in [4.69, 9.17) is 11.6 Å². The lowest BCUT2D eigenvalue weighted by molar-refractivity contribution is 0.392. The zero-order valence-corrected chi connectivity index (χ0v) is 10.4. The number of rotatable bonds is 6. The Morgan fingerprint density at radius 2 is 2.06 bits per heavy atom. The van der Waals surface area contributed by atoms with Crippen LogP contribution < -0.4 is 11.6 Å². The lowest BCUT2D eigenvalue weighted by Crippen LogP contribution is -2.26. The molecule has 0 bridgehead atoms. The van der Waals surface area contributed by atoms with Gasteiger partial charge in [-0.05, 0) is 12.0 Å². The molecule has 0 unspecified atom stereocenters. The number of nitrogens with two attached hydrogens (primary N) is 2. The van der Waals surface area contributed by atoms with E-state index in [2.05, 4.69) is 19.1 Å². The Hall–Kier alpha value is -1.13. The maximum atomic E-state index is 5.86. The molecule has 4 heteroatoms. The number of thioether (sulfide) groups is 1. The van der Waals surface area contributed by atoms with Crippen molar-refractivity contribution in [2.24, 2.45) is 11.6 Å². The highest BCUT2D eigenvalue weighted by Gasteiger charge is 1.97. The third kappa shape index (κ3) is 5.09. The van der Waals surface area contributed by atoms with Crippen molar-refractivity contribution in [2.45, 2.75) is 19.1 Å². The summed E-state index contributed by atoms with van der Waals surface area (Å²) in [6.07, 6.45) is 2.81. The highest BCUT2D eigenvalue weighted by molar-refractivity contribution is 8.02. The van der Waals surface area contributed by atoms with Gasteiger partial charge in [-0.1, -0.05) is 37.3 Å². The number of nitrogens with zero attached hydrogens (tertiary/aromatic N) is 1. The standard InChI is InChI=1S/C12H19N3S/c1-2-8-15(14)9-12(13)16-10-11-6-4-3-5-7-11/h3-7,9H,2,8,10,13-14H2,1H3/b12-9+. The van der Waals surface area contributed by atoms with Gasteiger partial charge in [-0.3, -0.25) is 0 Å². The largest absolute Gasteiger partial charge is 0.392 e. The average Bonchev–Trinajstić information content (AvgIpc) is 2.28. The second kappa shape index (κ2) is 7.19. The lowest BCUT2D eigenvalue weighted by Gasteiger charge is -2.13. The first-order valence-corrected chi connectivity index (χ1v) is 6.36. The molecule has 0 aliphatic carbocycles. The number of benzene rings is 1. The van der Waals surface area contributed by atoms with Crippen LogP contribution in [0.4, 0.5) is 0 Å². The Morgan fingerprint density at radius 3 is 2.69 bits per heavy atom. The first-order valence-electron chi connectivity index (χ1n) is 5.37. The van der Waals surface area contributed by atoms with Gasteiger partial charge in [0.05, 0.1) is 5.03 Å².